The smallest absolute Gasteiger partial charge is 0.131 e. The van der Waals surface area contributed by atoms with Crippen LogP contribution in [-0.4, -0.2) is 6.29 Å². The summed E-state index contributed by atoms with van der Waals surface area (Å²) in [5.41, 5.74) is 1.13. The van der Waals surface area contributed by atoms with Gasteiger partial charge in [-0.25, -0.2) is 0 Å². The lowest BCUT2D eigenvalue weighted by atomic mass is 10.1. The Kier molecular flexibility index (Phi) is 3.73. The van der Waals surface area contributed by atoms with E-state index in [-0.39, 0.29) is 6.42 Å². The minimum Gasteiger partial charge on any atom is -0.302 e. The lowest BCUT2D eigenvalue weighted by molar-refractivity contribution is -0.107. The van der Waals surface area contributed by atoms with Crippen LogP contribution in [0.5, 0.6) is 0 Å². The monoisotopic (exact) mass is 203 g/mol. The molecule has 0 aliphatic rings. The van der Waals surface area contributed by atoms with Crippen molar-refractivity contribution in [1.82, 2.24) is 0 Å². The minimum absolute atomic E-state index is 0.206. The van der Waals surface area contributed by atoms with Crippen molar-refractivity contribution in [3.8, 4) is 17.9 Å². The molecule has 1 rings (SSSR count). The van der Waals surface area contributed by atoms with Crippen LogP contribution in [0, 0.1) is 23.2 Å². The maximum Gasteiger partial charge on any atom is 0.131 e. The SMILES string of the molecule is N#Cc1ccc(C#CCC=O)cc1Cl. The van der Waals surface area contributed by atoms with E-state index in [9.17, 15) is 4.79 Å². The van der Waals surface area contributed by atoms with Gasteiger partial charge in [0.2, 0.25) is 0 Å². The molecule has 14 heavy (non-hydrogen) atoms. The molecule has 0 fully saturated rings. The number of benzene rings is 1. The van der Waals surface area contributed by atoms with Gasteiger partial charge in [0, 0.05) is 5.56 Å². The predicted octanol–water partition coefficient (Wildman–Crippen LogP) is 2.15. The first-order valence-electron chi connectivity index (χ1n) is 3.90. The molecule has 0 bridgehead atoms. The molecule has 0 aliphatic carbocycles. The van der Waals surface area contributed by atoms with Gasteiger partial charge in [-0.2, -0.15) is 5.26 Å². The number of hydrogen-bond donors (Lipinski definition) is 0. The first-order valence-corrected chi connectivity index (χ1v) is 4.28. The molecule has 0 unspecified atom stereocenters. The molecule has 0 spiro atoms. The zero-order valence-corrected chi connectivity index (χ0v) is 8.01. The van der Waals surface area contributed by atoms with Crippen molar-refractivity contribution in [3.05, 3.63) is 34.3 Å². The molecule has 1 aromatic carbocycles. The van der Waals surface area contributed by atoms with Crippen LogP contribution in [-0.2, 0) is 4.79 Å². The van der Waals surface area contributed by atoms with Crippen molar-refractivity contribution in [2.75, 3.05) is 0 Å². The first kappa shape index (κ1) is 10.3. The average Bonchev–Trinajstić information content (AvgIpc) is 2.18. The van der Waals surface area contributed by atoms with Crippen LogP contribution < -0.4 is 0 Å². The molecule has 0 atom stereocenters. The molecule has 68 valence electrons. The second kappa shape index (κ2) is 5.07. The number of rotatable bonds is 1. The van der Waals surface area contributed by atoms with Crippen LogP contribution in [0.15, 0.2) is 18.2 Å². The molecule has 0 N–H and O–H groups in total. The van der Waals surface area contributed by atoms with Gasteiger partial charge in [0.15, 0.2) is 0 Å². The van der Waals surface area contributed by atoms with E-state index in [1.807, 2.05) is 6.07 Å². The van der Waals surface area contributed by atoms with E-state index in [4.69, 9.17) is 16.9 Å². The Hall–Kier alpha value is -1.77. The highest BCUT2D eigenvalue weighted by atomic mass is 35.5. The zero-order chi connectivity index (χ0) is 10.4. The van der Waals surface area contributed by atoms with Gasteiger partial charge < -0.3 is 4.79 Å². The third-order valence-electron chi connectivity index (χ3n) is 1.51. The second-order valence-corrected chi connectivity index (χ2v) is 2.89. The number of nitrogens with zero attached hydrogens (tertiary/aromatic N) is 1. The van der Waals surface area contributed by atoms with Gasteiger partial charge in [-0.3, -0.25) is 0 Å². The molecule has 3 heteroatoms. The molecular formula is C11H6ClNO. The van der Waals surface area contributed by atoms with E-state index >= 15 is 0 Å². The summed E-state index contributed by atoms with van der Waals surface area (Å²) in [5.74, 6) is 5.42. The topological polar surface area (TPSA) is 40.9 Å². The summed E-state index contributed by atoms with van der Waals surface area (Å²) in [6.07, 6.45) is 0.940. The van der Waals surface area contributed by atoms with Gasteiger partial charge in [0.25, 0.3) is 0 Å². The number of hydrogen-bond acceptors (Lipinski definition) is 2. The molecule has 0 amide bonds. The van der Waals surface area contributed by atoms with Crippen LogP contribution in [0.25, 0.3) is 0 Å². The maximum atomic E-state index is 9.99. The molecule has 1 aromatic rings. The largest absolute Gasteiger partial charge is 0.302 e. The standard InChI is InChI=1S/C11H6ClNO/c12-11-7-9(3-1-2-6-14)4-5-10(11)8-13/h4-7H,2H2. The molecule has 2 nitrogen and oxygen atoms in total. The van der Waals surface area contributed by atoms with Crippen LogP contribution in [0.4, 0.5) is 0 Å². The van der Waals surface area contributed by atoms with Gasteiger partial charge >= 0.3 is 0 Å². The van der Waals surface area contributed by atoms with Crippen molar-refractivity contribution in [3.63, 3.8) is 0 Å². The van der Waals surface area contributed by atoms with Gasteiger partial charge in [0.05, 0.1) is 17.0 Å². The number of nitriles is 1. The Morgan fingerprint density at radius 3 is 2.86 bits per heavy atom. The summed E-state index contributed by atoms with van der Waals surface area (Å²) in [4.78, 5) is 9.99. The fourth-order valence-electron chi connectivity index (χ4n) is 0.878. The van der Waals surface area contributed by atoms with Crippen LogP contribution in [0.3, 0.4) is 0 Å². The third-order valence-corrected chi connectivity index (χ3v) is 1.82. The zero-order valence-electron chi connectivity index (χ0n) is 7.25. The number of aldehydes is 1. The van der Waals surface area contributed by atoms with Crippen molar-refractivity contribution in [2.45, 2.75) is 6.42 Å². The minimum atomic E-state index is 0.206. The lowest BCUT2D eigenvalue weighted by Crippen LogP contribution is -1.80. The predicted molar refractivity (Wildman–Crippen MR) is 53.7 cm³/mol. The highest BCUT2D eigenvalue weighted by Gasteiger charge is 1.98. The van der Waals surface area contributed by atoms with Crippen molar-refractivity contribution < 1.29 is 4.79 Å². The molecule has 0 radical (unpaired) electrons. The highest BCUT2D eigenvalue weighted by Crippen LogP contribution is 2.16. The van der Waals surface area contributed by atoms with Crippen LogP contribution in [0.2, 0.25) is 5.02 Å². The van der Waals surface area contributed by atoms with Crippen molar-refractivity contribution in [1.29, 1.82) is 5.26 Å². The van der Waals surface area contributed by atoms with Crippen LogP contribution in [0.1, 0.15) is 17.5 Å². The van der Waals surface area contributed by atoms with Crippen molar-refractivity contribution in [2.24, 2.45) is 0 Å². The Bertz CT molecular complexity index is 449. The Morgan fingerprint density at radius 2 is 2.29 bits per heavy atom. The van der Waals surface area contributed by atoms with Gasteiger partial charge in [-0.1, -0.05) is 23.4 Å². The Balaban J connectivity index is 2.95. The average molecular weight is 204 g/mol. The summed E-state index contributed by atoms with van der Waals surface area (Å²) in [6.45, 7) is 0. The number of carbonyl (C=O) groups is 1. The Morgan fingerprint density at radius 1 is 1.50 bits per heavy atom. The molecule has 0 heterocycles. The summed E-state index contributed by atoms with van der Waals surface area (Å²) in [6, 6.07) is 6.86. The normalized spacial score (nSPS) is 8.29. The summed E-state index contributed by atoms with van der Waals surface area (Å²) >= 11 is 5.78. The lowest BCUT2D eigenvalue weighted by Gasteiger charge is -1.94. The fourth-order valence-corrected chi connectivity index (χ4v) is 1.10. The van der Waals surface area contributed by atoms with E-state index in [2.05, 4.69) is 11.8 Å². The van der Waals surface area contributed by atoms with E-state index in [0.717, 1.165) is 6.29 Å². The van der Waals surface area contributed by atoms with E-state index in [1.165, 1.54) is 0 Å². The first-order chi connectivity index (χ1) is 6.77. The summed E-state index contributed by atoms with van der Waals surface area (Å²) in [5, 5.41) is 8.99. The van der Waals surface area contributed by atoms with Gasteiger partial charge in [-0.15, -0.1) is 0 Å². The van der Waals surface area contributed by atoms with Gasteiger partial charge in [0.1, 0.15) is 12.4 Å². The molecule has 0 saturated heterocycles. The Labute approximate surface area is 87.1 Å². The van der Waals surface area contributed by atoms with Crippen LogP contribution >= 0.6 is 11.6 Å². The van der Waals surface area contributed by atoms with Gasteiger partial charge in [-0.05, 0) is 18.2 Å². The molecule has 0 aliphatic heterocycles. The maximum absolute atomic E-state index is 9.99. The fraction of sp³-hybridized carbons (Fsp3) is 0.0909. The number of carbonyl (C=O) groups excluding carboxylic acids is 1. The van der Waals surface area contributed by atoms with Crippen molar-refractivity contribution >= 4 is 17.9 Å². The second-order valence-electron chi connectivity index (χ2n) is 2.48. The van der Waals surface area contributed by atoms with E-state index in [0.29, 0.717) is 16.1 Å². The van der Waals surface area contributed by atoms with E-state index < -0.39 is 0 Å². The molecule has 0 saturated carbocycles. The summed E-state index contributed by atoms with van der Waals surface area (Å²) < 4.78 is 0. The van der Waals surface area contributed by atoms with E-state index in [1.54, 1.807) is 18.2 Å². The molecular weight excluding hydrogens is 198 g/mol. The highest BCUT2D eigenvalue weighted by molar-refractivity contribution is 6.31. The molecule has 0 aromatic heterocycles. The third kappa shape index (κ3) is 2.62. The quantitative estimate of drug-likeness (QED) is 0.518. The number of halogens is 1. The summed E-state index contributed by atoms with van der Waals surface area (Å²) in [7, 11) is 0.